The Morgan fingerprint density at radius 2 is 1.96 bits per heavy atom. The number of benzene rings is 1. The van der Waals surface area contributed by atoms with E-state index >= 15 is 4.39 Å². The summed E-state index contributed by atoms with van der Waals surface area (Å²) in [5, 5.41) is 13.0. The average Bonchev–Trinajstić information content (AvgIpc) is 2.58. The number of ether oxygens (including phenoxy) is 1. The fourth-order valence-corrected chi connectivity index (χ4v) is 3.02. The Morgan fingerprint density at radius 1 is 1.31 bits per heavy atom. The molecule has 1 aliphatic heterocycles. The molecule has 0 aliphatic carbocycles. The van der Waals surface area contributed by atoms with E-state index in [9.17, 15) is 14.0 Å². The summed E-state index contributed by atoms with van der Waals surface area (Å²) in [5.74, 6) is -2.30. The Balaban J connectivity index is 2.31. The highest BCUT2D eigenvalue weighted by Gasteiger charge is 2.26. The van der Waals surface area contributed by atoms with Gasteiger partial charge in [-0.3, -0.25) is 9.47 Å². The fourth-order valence-electron chi connectivity index (χ4n) is 3.02. The van der Waals surface area contributed by atoms with E-state index < -0.39 is 29.0 Å². The maximum atomic E-state index is 15.3. The molecule has 1 aliphatic rings. The monoisotopic (exact) mass is 368 g/mol. The van der Waals surface area contributed by atoms with E-state index in [1.807, 2.05) is 0 Å². The van der Waals surface area contributed by atoms with Crippen molar-refractivity contribution in [1.82, 2.24) is 9.99 Å². The zero-order valence-electron chi connectivity index (χ0n) is 14.3. The molecule has 8 nitrogen and oxygen atoms in total. The molecule has 0 atom stereocenters. The summed E-state index contributed by atoms with van der Waals surface area (Å²) in [6, 6.07) is 0.923. The smallest absolute Gasteiger partial charge is 0.449 e. The quantitative estimate of drug-likeness (QED) is 0.780. The molecular weight excluding hydrogens is 350 g/mol. The lowest BCUT2D eigenvalue weighted by atomic mass is 10.1. The van der Waals surface area contributed by atoms with Crippen LogP contribution in [0.1, 0.15) is 0 Å². The van der Waals surface area contributed by atoms with Gasteiger partial charge in [0.1, 0.15) is 17.0 Å². The van der Waals surface area contributed by atoms with Gasteiger partial charge < -0.3 is 25.1 Å². The van der Waals surface area contributed by atoms with Gasteiger partial charge >= 0.3 is 6.16 Å². The molecule has 2 heterocycles. The van der Waals surface area contributed by atoms with E-state index in [0.717, 1.165) is 12.3 Å². The lowest BCUT2D eigenvalue weighted by Crippen LogP contribution is -2.44. The summed E-state index contributed by atoms with van der Waals surface area (Å²) in [7, 11) is 3.14. The lowest BCUT2D eigenvalue weighted by molar-refractivity contribution is 0.143. The van der Waals surface area contributed by atoms with E-state index in [1.165, 1.54) is 9.69 Å². The molecule has 1 fully saturated rings. The minimum Gasteiger partial charge on any atom is -0.449 e. The molecule has 140 valence electrons. The van der Waals surface area contributed by atoms with Crippen LogP contribution >= 0.6 is 0 Å². The van der Waals surface area contributed by atoms with Gasteiger partial charge in [0.25, 0.3) is 0 Å². The zero-order valence-corrected chi connectivity index (χ0v) is 14.3. The minimum atomic E-state index is -1.69. The molecule has 0 radical (unpaired) electrons. The van der Waals surface area contributed by atoms with Crippen LogP contribution in [0.2, 0.25) is 0 Å². The molecule has 0 spiro atoms. The summed E-state index contributed by atoms with van der Waals surface area (Å²) in [6.07, 6.45) is -0.619. The third-order valence-electron chi connectivity index (χ3n) is 4.17. The van der Waals surface area contributed by atoms with Gasteiger partial charge in [-0.1, -0.05) is 0 Å². The molecule has 10 heteroatoms. The molecule has 1 aromatic heterocycles. The Labute approximate surface area is 147 Å². The van der Waals surface area contributed by atoms with Crippen LogP contribution in [0.3, 0.4) is 0 Å². The van der Waals surface area contributed by atoms with Crippen molar-refractivity contribution in [2.24, 2.45) is 0 Å². The summed E-state index contributed by atoms with van der Waals surface area (Å²) in [6.45, 7) is 2.02. The van der Waals surface area contributed by atoms with E-state index in [4.69, 9.17) is 5.11 Å². The first-order valence-electron chi connectivity index (χ1n) is 7.92. The summed E-state index contributed by atoms with van der Waals surface area (Å²) in [5.41, 5.74) is -1.25. The maximum absolute atomic E-state index is 15.3. The second-order valence-corrected chi connectivity index (χ2v) is 6.04. The van der Waals surface area contributed by atoms with E-state index in [1.54, 1.807) is 19.0 Å². The predicted octanol–water partition coefficient (Wildman–Crippen LogP) is 0.944. The number of fused-ring (bicyclic) bond motifs is 1. The first kappa shape index (κ1) is 17.9. The maximum Gasteiger partial charge on any atom is 0.511 e. The third kappa shape index (κ3) is 3.03. The molecular formula is C16H18F2N4O4. The van der Waals surface area contributed by atoms with Crippen molar-refractivity contribution in [3.63, 3.8) is 0 Å². The third-order valence-corrected chi connectivity index (χ3v) is 4.17. The largest absolute Gasteiger partial charge is 0.511 e. The Kier molecular flexibility index (Phi) is 4.68. The van der Waals surface area contributed by atoms with Gasteiger partial charge in [0.2, 0.25) is 11.2 Å². The number of hydrogen-bond donors (Lipinski definition) is 2. The van der Waals surface area contributed by atoms with Crippen LogP contribution < -0.4 is 25.4 Å². The van der Waals surface area contributed by atoms with Crippen molar-refractivity contribution in [2.45, 2.75) is 0 Å². The second kappa shape index (κ2) is 6.79. The molecule has 1 aromatic carbocycles. The second-order valence-electron chi connectivity index (χ2n) is 6.04. The number of carbonyl (C=O) groups is 1. The molecule has 0 amide bonds. The van der Waals surface area contributed by atoms with Crippen molar-refractivity contribution in [1.29, 1.82) is 0 Å². The lowest BCUT2D eigenvalue weighted by Gasteiger charge is -2.31. The fraction of sp³-hybridized carbons (Fsp3) is 0.375. The molecule has 1 saturated heterocycles. The Morgan fingerprint density at radius 3 is 2.54 bits per heavy atom. The molecule has 0 unspecified atom stereocenters. The summed E-state index contributed by atoms with van der Waals surface area (Å²) in [4.78, 5) is 24.8. The van der Waals surface area contributed by atoms with Gasteiger partial charge in [0.05, 0.1) is 11.6 Å². The number of nitrogens with zero attached hydrogens (tertiary/aromatic N) is 3. The number of piperazine rings is 1. The number of hydrogen-bond acceptors (Lipinski definition) is 6. The van der Waals surface area contributed by atoms with E-state index in [0.29, 0.717) is 26.2 Å². The average molecular weight is 368 g/mol. The highest BCUT2D eigenvalue weighted by atomic mass is 19.1. The SMILES string of the molecule is CN(C)n1cc(OC(=O)O)c(=O)c2cc(F)c(N3CCNCC3)c(F)c21. The van der Waals surface area contributed by atoms with Gasteiger partial charge in [-0.05, 0) is 6.07 Å². The van der Waals surface area contributed by atoms with Crippen molar-refractivity contribution in [2.75, 3.05) is 50.2 Å². The Hall–Kier alpha value is -2.88. The first-order valence-corrected chi connectivity index (χ1v) is 7.92. The topological polar surface area (TPSA) is 87.0 Å². The summed E-state index contributed by atoms with van der Waals surface area (Å²) >= 11 is 0. The van der Waals surface area contributed by atoms with Crippen molar-refractivity contribution in [3.05, 3.63) is 34.1 Å². The molecule has 2 N–H and O–H groups in total. The Bertz CT molecular complexity index is 923. The van der Waals surface area contributed by atoms with Gasteiger partial charge in [0.15, 0.2) is 5.82 Å². The number of anilines is 1. The van der Waals surface area contributed by atoms with Crippen LogP contribution in [0.15, 0.2) is 17.1 Å². The summed E-state index contributed by atoms with van der Waals surface area (Å²) < 4.78 is 35.6. The standard InChI is InChI=1S/C16H18F2N4O4/c1-20(2)22-8-11(26-16(24)25)15(23)9-7-10(17)14(12(18)13(9)22)21-5-3-19-4-6-21/h7-8,19H,3-6H2,1-2H3,(H,24,25). The normalized spacial score (nSPS) is 14.5. The van der Waals surface area contributed by atoms with Crippen LogP contribution in [0.25, 0.3) is 10.9 Å². The van der Waals surface area contributed by atoms with Crippen LogP contribution in [-0.2, 0) is 0 Å². The van der Waals surface area contributed by atoms with Crippen molar-refractivity contribution < 1.29 is 23.4 Å². The first-order chi connectivity index (χ1) is 12.3. The van der Waals surface area contributed by atoms with Crippen LogP contribution in [0.5, 0.6) is 5.75 Å². The van der Waals surface area contributed by atoms with Gasteiger partial charge in [0, 0.05) is 40.3 Å². The number of halogens is 2. The predicted molar refractivity (Wildman–Crippen MR) is 91.9 cm³/mol. The molecule has 0 bridgehead atoms. The van der Waals surface area contributed by atoms with Gasteiger partial charge in [-0.15, -0.1) is 0 Å². The zero-order chi connectivity index (χ0) is 19.0. The number of aromatic nitrogens is 1. The van der Waals surface area contributed by atoms with Gasteiger partial charge in [-0.25, -0.2) is 13.6 Å². The highest BCUT2D eigenvalue weighted by Crippen LogP contribution is 2.31. The van der Waals surface area contributed by atoms with E-state index in [-0.39, 0.29) is 16.6 Å². The molecule has 3 rings (SSSR count). The number of pyridine rings is 1. The minimum absolute atomic E-state index is 0.146. The van der Waals surface area contributed by atoms with Gasteiger partial charge in [-0.2, -0.15) is 0 Å². The van der Waals surface area contributed by atoms with Crippen LogP contribution in [0, 0.1) is 11.6 Å². The van der Waals surface area contributed by atoms with Crippen LogP contribution in [-0.4, -0.2) is 56.2 Å². The highest BCUT2D eigenvalue weighted by molar-refractivity contribution is 5.86. The molecule has 26 heavy (non-hydrogen) atoms. The molecule has 0 saturated carbocycles. The van der Waals surface area contributed by atoms with Crippen molar-refractivity contribution >= 4 is 22.7 Å². The number of rotatable bonds is 3. The number of nitrogens with one attached hydrogen (secondary N) is 1. The van der Waals surface area contributed by atoms with Crippen molar-refractivity contribution in [3.8, 4) is 5.75 Å². The van der Waals surface area contributed by atoms with Crippen LogP contribution in [0.4, 0.5) is 19.3 Å². The number of carboxylic acid groups (broad SMARTS) is 1. The van der Waals surface area contributed by atoms with E-state index in [2.05, 4.69) is 10.1 Å². The molecule has 2 aromatic rings.